The zero-order chi connectivity index (χ0) is 15.1. The van der Waals surface area contributed by atoms with Gasteiger partial charge in [0.2, 0.25) is 5.52 Å². The SMILES string of the molecule is Cn1c([N+](=O)[O-])cnc1-c1ccc2cc(F)ccc2[n+]1[O-]. The molecule has 2 heterocycles. The third-order valence-corrected chi connectivity index (χ3v) is 3.23. The Morgan fingerprint density at radius 1 is 1.33 bits per heavy atom. The molecule has 106 valence electrons. The minimum absolute atomic E-state index is 0.157. The minimum Gasteiger partial charge on any atom is -0.618 e. The molecule has 0 atom stereocenters. The summed E-state index contributed by atoms with van der Waals surface area (Å²) in [5.41, 5.74) is 0.421. The van der Waals surface area contributed by atoms with E-state index in [-0.39, 0.29) is 22.9 Å². The van der Waals surface area contributed by atoms with Gasteiger partial charge in [0.15, 0.2) is 0 Å². The van der Waals surface area contributed by atoms with Crippen molar-refractivity contribution < 1.29 is 14.0 Å². The van der Waals surface area contributed by atoms with Crippen molar-refractivity contribution in [2.75, 3.05) is 0 Å². The highest BCUT2D eigenvalue weighted by Crippen LogP contribution is 2.22. The van der Waals surface area contributed by atoms with Gasteiger partial charge < -0.3 is 15.3 Å². The van der Waals surface area contributed by atoms with Crippen LogP contribution in [0.15, 0.2) is 36.5 Å². The highest BCUT2D eigenvalue weighted by atomic mass is 19.1. The molecule has 0 saturated heterocycles. The lowest BCUT2D eigenvalue weighted by Gasteiger charge is -2.05. The number of nitrogens with zero attached hydrogens (tertiary/aromatic N) is 4. The van der Waals surface area contributed by atoms with E-state index >= 15 is 0 Å². The number of halogens is 1. The van der Waals surface area contributed by atoms with Crippen molar-refractivity contribution in [3.8, 4) is 11.5 Å². The molecule has 0 aliphatic heterocycles. The second-order valence-corrected chi connectivity index (χ2v) is 4.47. The predicted molar refractivity (Wildman–Crippen MR) is 71.7 cm³/mol. The number of fused-ring (bicyclic) bond motifs is 1. The van der Waals surface area contributed by atoms with Crippen LogP contribution >= 0.6 is 0 Å². The fourth-order valence-electron chi connectivity index (χ4n) is 2.18. The average Bonchev–Trinajstić information content (AvgIpc) is 2.81. The van der Waals surface area contributed by atoms with E-state index in [2.05, 4.69) is 4.98 Å². The van der Waals surface area contributed by atoms with Crippen LogP contribution in [0.2, 0.25) is 0 Å². The molecule has 0 unspecified atom stereocenters. The van der Waals surface area contributed by atoms with Gasteiger partial charge in [0.25, 0.3) is 11.5 Å². The van der Waals surface area contributed by atoms with E-state index in [1.165, 1.54) is 35.9 Å². The summed E-state index contributed by atoms with van der Waals surface area (Å²) in [6.07, 6.45) is 1.09. The summed E-state index contributed by atoms with van der Waals surface area (Å²) in [6, 6.07) is 6.82. The molecule has 0 fully saturated rings. The molecule has 8 heteroatoms. The summed E-state index contributed by atoms with van der Waals surface area (Å²) in [7, 11) is 1.45. The molecule has 0 aliphatic carbocycles. The van der Waals surface area contributed by atoms with E-state index in [1.807, 2.05) is 0 Å². The lowest BCUT2D eigenvalue weighted by atomic mass is 10.2. The first kappa shape index (κ1) is 13.0. The molecule has 7 nitrogen and oxygen atoms in total. The summed E-state index contributed by atoms with van der Waals surface area (Å²) in [4.78, 5) is 14.2. The first-order valence-corrected chi connectivity index (χ1v) is 5.97. The lowest BCUT2D eigenvalue weighted by Crippen LogP contribution is -2.31. The zero-order valence-electron chi connectivity index (χ0n) is 10.9. The van der Waals surface area contributed by atoms with Gasteiger partial charge in [-0.05, 0) is 23.1 Å². The highest BCUT2D eigenvalue weighted by molar-refractivity contribution is 5.77. The first-order chi connectivity index (χ1) is 9.99. The van der Waals surface area contributed by atoms with Crippen LogP contribution in [-0.4, -0.2) is 14.5 Å². The molecule has 0 N–H and O–H groups in total. The summed E-state index contributed by atoms with van der Waals surface area (Å²) in [5.74, 6) is -0.491. The van der Waals surface area contributed by atoms with E-state index in [1.54, 1.807) is 6.07 Å². The molecule has 3 rings (SSSR count). The Bertz CT molecular complexity index is 875. The van der Waals surface area contributed by atoms with Crippen LogP contribution in [0.3, 0.4) is 0 Å². The average molecular weight is 288 g/mol. The van der Waals surface area contributed by atoms with Gasteiger partial charge in [-0.3, -0.25) is 0 Å². The molecule has 0 spiro atoms. The Morgan fingerprint density at radius 3 is 2.76 bits per heavy atom. The van der Waals surface area contributed by atoms with Crippen LogP contribution in [0.5, 0.6) is 0 Å². The number of hydrogen-bond donors (Lipinski definition) is 0. The Kier molecular flexibility index (Phi) is 2.79. The van der Waals surface area contributed by atoms with Crippen LogP contribution in [0.25, 0.3) is 22.4 Å². The van der Waals surface area contributed by atoms with Gasteiger partial charge in [-0.25, -0.2) is 13.9 Å². The third kappa shape index (κ3) is 1.97. The molecule has 1 aromatic carbocycles. The van der Waals surface area contributed by atoms with Crippen molar-refractivity contribution >= 4 is 16.7 Å². The third-order valence-electron chi connectivity index (χ3n) is 3.23. The Balaban J connectivity index is 2.24. The van der Waals surface area contributed by atoms with Gasteiger partial charge in [0, 0.05) is 12.1 Å². The van der Waals surface area contributed by atoms with Gasteiger partial charge in [-0.2, -0.15) is 4.73 Å². The van der Waals surface area contributed by atoms with Crippen molar-refractivity contribution in [1.82, 2.24) is 9.55 Å². The highest BCUT2D eigenvalue weighted by Gasteiger charge is 2.25. The topological polar surface area (TPSA) is 87.9 Å². The van der Waals surface area contributed by atoms with E-state index in [0.717, 1.165) is 6.20 Å². The zero-order valence-corrected chi connectivity index (χ0v) is 10.9. The van der Waals surface area contributed by atoms with Crippen LogP contribution in [-0.2, 0) is 7.05 Å². The summed E-state index contributed by atoms with van der Waals surface area (Å²) in [6.45, 7) is 0. The number of benzene rings is 1. The summed E-state index contributed by atoms with van der Waals surface area (Å²) >= 11 is 0. The number of hydrogen-bond acceptors (Lipinski definition) is 4. The molecular formula is C13H9FN4O3. The van der Waals surface area contributed by atoms with Crippen molar-refractivity contribution in [3.05, 3.63) is 57.7 Å². The number of nitro groups is 1. The lowest BCUT2D eigenvalue weighted by molar-refractivity contribution is -0.565. The van der Waals surface area contributed by atoms with Gasteiger partial charge in [-0.1, -0.05) is 0 Å². The van der Waals surface area contributed by atoms with Gasteiger partial charge in [0.1, 0.15) is 12.0 Å². The number of pyridine rings is 1. The monoisotopic (exact) mass is 288 g/mol. The maximum atomic E-state index is 13.1. The Morgan fingerprint density at radius 2 is 2.10 bits per heavy atom. The number of imidazole rings is 1. The van der Waals surface area contributed by atoms with E-state index in [4.69, 9.17) is 0 Å². The van der Waals surface area contributed by atoms with E-state index in [0.29, 0.717) is 10.1 Å². The number of rotatable bonds is 2. The Hall–Kier alpha value is -3.03. The largest absolute Gasteiger partial charge is 0.618 e. The minimum atomic E-state index is -0.581. The first-order valence-electron chi connectivity index (χ1n) is 5.97. The molecular weight excluding hydrogens is 279 g/mol. The molecule has 0 saturated carbocycles. The molecule has 3 aromatic rings. The van der Waals surface area contributed by atoms with Gasteiger partial charge >= 0.3 is 5.82 Å². The van der Waals surface area contributed by atoms with E-state index < -0.39 is 10.7 Å². The smallest absolute Gasteiger partial charge is 0.343 e. The van der Waals surface area contributed by atoms with Crippen molar-refractivity contribution in [3.63, 3.8) is 0 Å². The van der Waals surface area contributed by atoms with Crippen molar-refractivity contribution in [2.45, 2.75) is 0 Å². The standard InChI is InChI=1S/C13H9FN4O3/c1-16-12(18(20)21)7-15-13(16)11-4-2-8-6-9(14)3-5-10(8)17(11)19/h2-7H,1H3. The van der Waals surface area contributed by atoms with Crippen molar-refractivity contribution in [2.24, 2.45) is 7.05 Å². The molecule has 0 amide bonds. The van der Waals surface area contributed by atoms with E-state index in [9.17, 15) is 19.7 Å². The van der Waals surface area contributed by atoms with Gasteiger partial charge in [-0.15, -0.1) is 0 Å². The molecule has 21 heavy (non-hydrogen) atoms. The van der Waals surface area contributed by atoms with Crippen LogP contribution < -0.4 is 4.73 Å². The molecule has 0 radical (unpaired) electrons. The molecule has 0 bridgehead atoms. The molecule has 0 aliphatic rings. The second kappa shape index (κ2) is 4.51. The maximum absolute atomic E-state index is 13.1. The van der Waals surface area contributed by atoms with Gasteiger partial charge in [0.05, 0.1) is 12.4 Å². The summed E-state index contributed by atoms with van der Waals surface area (Å²) in [5, 5.41) is 23.6. The van der Waals surface area contributed by atoms with Crippen molar-refractivity contribution in [1.29, 1.82) is 0 Å². The number of aromatic nitrogens is 3. The van der Waals surface area contributed by atoms with Crippen LogP contribution in [0.1, 0.15) is 0 Å². The van der Waals surface area contributed by atoms with Crippen LogP contribution in [0.4, 0.5) is 10.2 Å². The predicted octanol–water partition coefficient (Wildman–Crippen LogP) is 1.92. The fraction of sp³-hybridized carbons (Fsp3) is 0.0769. The van der Waals surface area contributed by atoms with Crippen LogP contribution in [0, 0.1) is 21.1 Å². The second-order valence-electron chi connectivity index (χ2n) is 4.47. The maximum Gasteiger partial charge on any atom is 0.343 e. The normalized spacial score (nSPS) is 11.0. The fourth-order valence-corrected chi connectivity index (χ4v) is 2.18. The molecule has 2 aromatic heterocycles. The summed E-state index contributed by atoms with van der Waals surface area (Å²) < 4.78 is 15.0. The Labute approximate surface area is 117 Å². The quantitative estimate of drug-likeness (QED) is 0.312.